The first kappa shape index (κ1) is 33.4. The van der Waals surface area contributed by atoms with E-state index in [2.05, 4.69) is 10.6 Å². The van der Waals surface area contributed by atoms with Crippen LogP contribution in [-0.4, -0.2) is 54.1 Å². The van der Waals surface area contributed by atoms with Crippen LogP contribution in [0.5, 0.6) is 5.75 Å². The number of hydrogen-bond donors (Lipinski definition) is 3. The molecule has 0 saturated carbocycles. The molecule has 1 amide bonds. The summed E-state index contributed by atoms with van der Waals surface area (Å²) in [5.41, 5.74) is 1.23. The van der Waals surface area contributed by atoms with E-state index in [9.17, 15) is 24.8 Å². The molecule has 0 bridgehead atoms. The number of ether oxygens (including phenoxy) is 1. The Morgan fingerprint density at radius 1 is 1.07 bits per heavy atom. The summed E-state index contributed by atoms with van der Waals surface area (Å²) < 4.78 is 5.77. The number of anilines is 1. The second-order valence-corrected chi connectivity index (χ2v) is 10.3. The van der Waals surface area contributed by atoms with Gasteiger partial charge in [0.25, 0.3) is 11.6 Å². The second kappa shape index (κ2) is 16.5. The third kappa shape index (κ3) is 9.71. The van der Waals surface area contributed by atoms with Gasteiger partial charge in [-0.1, -0.05) is 60.5 Å². The molecule has 3 aromatic carbocycles. The van der Waals surface area contributed by atoms with Crippen LogP contribution in [0.25, 0.3) is 0 Å². The Balaban J connectivity index is 1.72. The number of likely N-dealkylation sites (N-methyl/N-ethyl adjacent to an activating group) is 2. The zero-order valence-electron chi connectivity index (χ0n) is 23.9. The average Bonchev–Trinajstić information content (AvgIpc) is 2.98. The second-order valence-electron chi connectivity index (χ2n) is 9.48. The highest BCUT2D eigenvalue weighted by molar-refractivity contribution is 6.35. The zero-order valence-corrected chi connectivity index (χ0v) is 25.4. The molecule has 0 fully saturated rings. The summed E-state index contributed by atoms with van der Waals surface area (Å²) in [7, 11) is 0. The van der Waals surface area contributed by atoms with Gasteiger partial charge in [0.15, 0.2) is 0 Å². The van der Waals surface area contributed by atoms with E-state index in [-0.39, 0.29) is 18.6 Å². The molecule has 0 radical (unpaired) electrons. The first-order valence-corrected chi connectivity index (χ1v) is 14.5. The maximum Gasteiger partial charge on any atom is 0.326 e. The molecular formula is C31H34Cl2N4O6. The minimum atomic E-state index is -1.33. The van der Waals surface area contributed by atoms with Gasteiger partial charge in [-0.25, -0.2) is 4.79 Å². The fraction of sp³-hybridized carbons (Fsp3) is 0.290. The summed E-state index contributed by atoms with van der Waals surface area (Å²) in [6.45, 7) is 6.77. The monoisotopic (exact) mass is 628 g/mol. The molecule has 3 aromatic rings. The number of amides is 1. The van der Waals surface area contributed by atoms with Gasteiger partial charge in [0.05, 0.1) is 4.92 Å². The summed E-state index contributed by atoms with van der Waals surface area (Å²) in [6.07, 6.45) is 3.90. The molecule has 12 heteroatoms. The predicted molar refractivity (Wildman–Crippen MR) is 168 cm³/mol. The molecule has 3 rings (SSSR count). The number of carboxylic acid groups (broad SMARTS) is 1. The van der Waals surface area contributed by atoms with Crippen molar-refractivity contribution < 1.29 is 24.4 Å². The van der Waals surface area contributed by atoms with E-state index in [1.54, 1.807) is 48.5 Å². The molecule has 0 aromatic heterocycles. The van der Waals surface area contributed by atoms with Crippen molar-refractivity contribution in [3.8, 4) is 5.75 Å². The van der Waals surface area contributed by atoms with Crippen molar-refractivity contribution in [2.45, 2.75) is 32.9 Å². The molecule has 3 N–H and O–H groups in total. The number of carbonyl (C=O) groups excluding carboxylic acids is 1. The highest BCUT2D eigenvalue weighted by atomic mass is 35.5. The van der Waals surface area contributed by atoms with Crippen LogP contribution in [-0.2, 0) is 17.8 Å². The van der Waals surface area contributed by atoms with Gasteiger partial charge in [-0.05, 0) is 55.4 Å². The fourth-order valence-corrected chi connectivity index (χ4v) is 4.72. The van der Waals surface area contributed by atoms with E-state index < -0.39 is 28.5 Å². The third-order valence-corrected chi connectivity index (χ3v) is 7.29. The quantitative estimate of drug-likeness (QED) is 0.0772. The molecule has 43 heavy (non-hydrogen) atoms. The lowest BCUT2D eigenvalue weighted by Gasteiger charge is -2.22. The number of carbonyl (C=O) groups is 2. The summed E-state index contributed by atoms with van der Waals surface area (Å²) in [4.78, 5) is 38.3. The smallest absolute Gasteiger partial charge is 0.326 e. The Morgan fingerprint density at radius 2 is 1.77 bits per heavy atom. The van der Waals surface area contributed by atoms with E-state index in [4.69, 9.17) is 27.9 Å². The largest absolute Gasteiger partial charge is 0.489 e. The molecule has 0 saturated heterocycles. The summed E-state index contributed by atoms with van der Waals surface area (Å²) in [5.74, 6) is -1.61. The summed E-state index contributed by atoms with van der Waals surface area (Å²) in [6, 6.07) is 14.8. The topological polar surface area (TPSA) is 134 Å². The van der Waals surface area contributed by atoms with Crippen LogP contribution < -0.4 is 20.3 Å². The Kier molecular flexibility index (Phi) is 12.8. The van der Waals surface area contributed by atoms with Crippen LogP contribution in [0.4, 0.5) is 11.4 Å². The van der Waals surface area contributed by atoms with Crippen molar-refractivity contribution in [1.29, 1.82) is 0 Å². The fourth-order valence-electron chi connectivity index (χ4n) is 4.21. The Bertz CT molecular complexity index is 1430. The maximum absolute atomic E-state index is 13.2. The third-order valence-electron chi connectivity index (χ3n) is 6.58. The average molecular weight is 630 g/mol. The van der Waals surface area contributed by atoms with Gasteiger partial charge in [0.1, 0.15) is 24.0 Å². The highest BCUT2D eigenvalue weighted by Gasteiger charge is 2.27. The Labute approximate surface area is 260 Å². The number of nitro groups is 1. The van der Waals surface area contributed by atoms with Gasteiger partial charge in [-0.2, -0.15) is 0 Å². The molecule has 1 atom stereocenters. The normalized spacial score (nSPS) is 11.7. The number of nitro benzene ring substituents is 1. The van der Waals surface area contributed by atoms with Crippen molar-refractivity contribution in [3.63, 3.8) is 0 Å². The number of carboxylic acids is 1. The molecule has 0 aliphatic carbocycles. The molecule has 10 nitrogen and oxygen atoms in total. The van der Waals surface area contributed by atoms with Crippen molar-refractivity contribution in [3.05, 3.63) is 110 Å². The number of rotatable bonds is 16. The lowest BCUT2D eigenvalue weighted by Crippen LogP contribution is -2.42. The molecule has 1 unspecified atom stereocenters. The predicted octanol–water partition coefficient (Wildman–Crippen LogP) is 5.90. The maximum atomic E-state index is 13.2. The molecule has 0 spiro atoms. The zero-order chi connectivity index (χ0) is 31.4. The number of nitrogens with zero attached hydrogens (tertiary/aromatic N) is 2. The van der Waals surface area contributed by atoms with Gasteiger partial charge in [-0.15, -0.1) is 0 Å². The number of hydrogen-bond acceptors (Lipinski definition) is 7. The number of halogens is 2. The van der Waals surface area contributed by atoms with E-state index in [0.29, 0.717) is 52.2 Å². The minimum Gasteiger partial charge on any atom is -0.489 e. The number of nitrogens with one attached hydrogen (secondary N) is 2. The van der Waals surface area contributed by atoms with E-state index in [0.717, 1.165) is 6.54 Å². The van der Waals surface area contributed by atoms with Crippen LogP contribution in [0.3, 0.4) is 0 Å². The van der Waals surface area contributed by atoms with Crippen LogP contribution >= 0.6 is 23.2 Å². The van der Waals surface area contributed by atoms with Crippen molar-refractivity contribution in [2.24, 2.45) is 0 Å². The van der Waals surface area contributed by atoms with E-state index >= 15 is 0 Å². The van der Waals surface area contributed by atoms with Crippen LogP contribution in [0.1, 0.15) is 35.3 Å². The van der Waals surface area contributed by atoms with Gasteiger partial charge in [-0.3, -0.25) is 14.9 Å². The van der Waals surface area contributed by atoms with Crippen molar-refractivity contribution >= 4 is 46.5 Å². The Morgan fingerprint density at radius 3 is 2.37 bits per heavy atom. The van der Waals surface area contributed by atoms with Gasteiger partial charge in [0, 0.05) is 53.4 Å². The van der Waals surface area contributed by atoms with Gasteiger partial charge < -0.3 is 25.4 Å². The molecular weight excluding hydrogens is 595 g/mol. The lowest BCUT2D eigenvalue weighted by atomic mass is 10.0. The summed E-state index contributed by atoms with van der Waals surface area (Å²) in [5, 5.41) is 28.2. The van der Waals surface area contributed by atoms with Crippen LogP contribution in [0.15, 0.2) is 72.8 Å². The standard InChI is InChI=1S/C31H34Cl2N4O6/c1-3-34-16-5-6-17-36(4-2)22-12-15-29(37(41)42)24(19-22)30(38)35-28(31(39)40)18-21-10-13-23(14-11-21)43-20-25-26(32)8-7-9-27(25)33/h5-15,19,28,34H,3-4,16-18,20H2,1-2H3,(H,35,38)(H,39,40)/b6-5+. The van der Waals surface area contributed by atoms with E-state index in [1.165, 1.54) is 12.1 Å². The van der Waals surface area contributed by atoms with Gasteiger partial charge >= 0.3 is 5.97 Å². The number of aliphatic carboxylic acids is 1. The van der Waals surface area contributed by atoms with Crippen LogP contribution in [0, 0.1) is 10.1 Å². The SMILES string of the molecule is CCNC/C=C/CN(CC)c1ccc([N+](=O)[O-])c(C(=O)NC(Cc2ccc(OCc3c(Cl)cccc3Cl)cc2)C(=O)O)c1. The molecule has 0 aliphatic rings. The van der Waals surface area contributed by atoms with Gasteiger partial charge in [0.2, 0.25) is 0 Å². The highest BCUT2D eigenvalue weighted by Crippen LogP contribution is 2.27. The van der Waals surface area contributed by atoms with Crippen molar-refractivity contribution in [1.82, 2.24) is 10.6 Å². The molecule has 0 aliphatic heterocycles. The van der Waals surface area contributed by atoms with Crippen molar-refractivity contribution in [2.75, 3.05) is 31.1 Å². The Hall–Kier alpha value is -4.12. The van der Waals surface area contributed by atoms with Crippen LogP contribution in [0.2, 0.25) is 10.0 Å². The minimum absolute atomic E-state index is 0.0527. The number of benzene rings is 3. The molecule has 228 valence electrons. The first-order valence-electron chi connectivity index (χ1n) is 13.7. The first-order chi connectivity index (χ1) is 20.6. The lowest BCUT2D eigenvalue weighted by molar-refractivity contribution is -0.385. The van der Waals surface area contributed by atoms with E-state index in [1.807, 2.05) is 30.9 Å². The summed E-state index contributed by atoms with van der Waals surface area (Å²) >= 11 is 12.4. The molecule has 0 heterocycles.